The Morgan fingerprint density at radius 3 is 2.68 bits per heavy atom. The Balaban J connectivity index is 2.15. The van der Waals surface area contributed by atoms with Crippen LogP contribution >= 0.6 is 23.6 Å². The van der Waals surface area contributed by atoms with Crippen molar-refractivity contribution in [3.05, 3.63) is 51.5 Å². The van der Waals surface area contributed by atoms with Crippen LogP contribution in [0.1, 0.15) is 22.2 Å². The SMILES string of the molecule is CCc1ccc(COc2cccc(F)c2C(N)=S)s1. The summed E-state index contributed by atoms with van der Waals surface area (Å²) in [7, 11) is 0. The van der Waals surface area contributed by atoms with Gasteiger partial charge in [-0.2, -0.15) is 0 Å². The van der Waals surface area contributed by atoms with Crippen LogP contribution in [-0.2, 0) is 13.0 Å². The summed E-state index contributed by atoms with van der Waals surface area (Å²) in [6.07, 6.45) is 1.00. The molecule has 0 saturated carbocycles. The second-order valence-corrected chi connectivity index (χ2v) is 5.68. The summed E-state index contributed by atoms with van der Waals surface area (Å²) in [5.74, 6) is -0.0654. The molecule has 2 aromatic rings. The molecular formula is C14H14FNOS2. The van der Waals surface area contributed by atoms with Crippen molar-refractivity contribution in [2.75, 3.05) is 0 Å². The Hall–Kier alpha value is -1.46. The van der Waals surface area contributed by atoms with Gasteiger partial charge in [0.25, 0.3) is 0 Å². The highest BCUT2D eigenvalue weighted by molar-refractivity contribution is 7.80. The summed E-state index contributed by atoms with van der Waals surface area (Å²) < 4.78 is 19.3. The molecule has 1 heterocycles. The number of benzene rings is 1. The number of ether oxygens (including phenoxy) is 1. The molecule has 1 aromatic heterocycles. The lowest BCUT2D eigenvalue weighted by Crippen LogP contribution is -2.13. The summed E-state index contributed by atoms with van der Waals surface area (Å²) >= 11 is 6.54. The molecular weight excluding hydrogens is 281 g/mol. The second-order valence-electron chi connectivity index (χ2n) is 3.99. The van der Waals surface area contributed by atoms with Gasteiger partial charge in [0.2, 0.25) is 0 Å². The number of hydrogen-bond acceptors (Lipinski definition) is 3. The molecule has 1 aromatic carbocycles. The Morgan fingerprint density at radius 2 is 2.05 bits per heavy atom. The number of thiophene rings is 1. The van der Waals surface area contributed by atoms with E-state index in [2.05, 4.69) is 13.0 Å². The van der Waals surface area contributed by atoms with Crippen molar-refractivity contribution >= 4 is 28.5 Å². The lowest BCUT2D eigenvalue weighted by molar-refractivity contribution is 0.307. The monoisotopic (exact) mass is 295 g/mol. The molecule has 2 rings (SSSR count). The molecule has 0 spiro atoms. The van der Waals surface area contributed by atoms with Gasteiger partial charge in [0.05, 0.1) is 5.56 Å². The van der Waals surface area contributed by atoms with E-state index in [1.165, 1.54) is 10.9 Å². The summed E-state index contributed by atoms with van der Waals surface area (Å²) in [6.45, 7) is 2.50. The van der Waals surface area contributed by atoms with Crippen molar-refractivity contribution in [1.82, 2.24) is 0 Å². The van der Waals surface area contributed by atoms with E-state index >= 15 is 0 Å². The summed E-state index contributed by atoms with van der Waals surface area (Å²) in [4.78, 5) is 2.40. The number of aryl methyl sites for hydroxylation is 1. The van der Waals surface area contributed by atoms with Gasteiger partial charge in [0.15, 0.2) is 0 Å². The quantitative estimate of drug-likeness (QED) is 0.855. The van der Waals surface area contributed by atoms with Gasteiger partial charge in [-0.05, 0) is 30.7 Å². The third-order valence-electron chi connectivity index (χ3n) is 2.66. The second kappa shape index (κ2) is 6.12. The smallest absolute Gasteiger partial charge is 0.137 e. The van der Waals surface area contributed by atoms with Crippen molar-refractivity contribution in [1.29, 1.82) is 0 Å². The maximum absolute atomic E-state index is 13.6. The Bertz CT molecular complexity index is 595. The fourth-order valence-electron chi connectivity index (χ4n) is 1.70. The maximum Gasteiger partial charge on any atom is 0.137 e. The first-order chi connectivity index (χ1) is 9.11. The molecule has 0 bridgehead atoms. The predicted molar refractivity (Wildman–Crippen MR) is 80.3 cm³/mol. The Labute approximate surface area is 121 Å². The lowest BCUT2D eigenvalue weighted by atomic mass is 10.2. The fourth-order valence-corrected chi connectivity index (χ4v) is 2.77. The number of rotatable bonds is 5. The number of halogens is 1. The van der Waals surface area contributed by atoms with Gasteiger partial charge in [0, 0.05) is 9.75 Å². The van der Waals surface area contributed by atoms with E-state index in [0.717, 1.165) is 11.3 Å². The van der Waals surface area contributed by atoms with E-state index < -0.39 is 5.82 Å². The van der Waals surface area contributed by atoms with E-state index in [4.69, 9.17) is 22.7 Å². The molecule has 5 heteroatoms. The van der Waals surface area contributed by atoms with Crippen LogP contribution in [0.2, 0.25) is 0 Å². The zero-order valence-electron chi connectivity index (χ0n) is 10.5. The zero-order chi connectivity index (χ0) is 13.8. The number of hydrogen-bond donors (Lipinski definition) is 1. The van der Waals surface area contributed by atoms with Crippen LogP contribution in [0.3, 0.4) is 0 Å². The average molecular weight is 295 g/mol. The van der Waals surface area contributed by atoms with Crippen molar-refractivity contribution in [2.24, 2.45) is 5.73 Å². The topological polar surface area (TPSA) is 35.2 Å². The predicted octanol–water partition coefficient (Wildman–Crippen LogP) is 3.66. The molecule has 0 aliphatic heterocycles. The lowest BCUT2D eigenvalue weighted by Gasteiger charge is -2.10. The normalized spacial score (nSPS) is 10.4. The molecule has 2 N–H and O–H groups in total. The maximum atomic E-state index is 13.6. The highest BCUT2D eigenvalue weighted by Crippen LogP contribution is 2.24. The molecule has 0 aliphatic rings. The molecule has 0 atom stereocenters. The number of nitrogens with two attached hydrogens (primary N) is 1. The van der Waals surface area contributed by atoms with Gasteiger partial charge in [-0.1, -0.05) is 25.2 Å². The minimum atomic E-state index is -0.453. The highest BCUT2D eigenvalue weighted by atomic mass is 32.1. The van der Waals surface area contributed by atoms with E-state index in [9.17, 15) is 4.39 Å². The van der Waals surface area contributed by atoms with Gasteiger partial charge in [-0.3, -0.25) is 0 Å². The molecule has 0 amide bonds. The van der Waals surface area contributed by atoms with E-state index in [1.54, 1.807) is 23.5 Å². The van der Waals surface area contributed by atoms with Gasteiger partial charge < -0.3 is 10.5 Å². The molecule has 0 unspecified atom stereocenters. The van der Waals surface area contributed by atoms with Gasteiger partial charge in [-0.25, -0.2) is 4.39 Å². The van der Waals surface area contributed by atoms with Crippen molar-refractivity contribution < 1.29 is 9.13 Å². The zero-order valence-corrected chi connectivity index (χ0v) is 12.1. The van der Waals surface area contributed by atoms with Crippen LogP contribution < -0.4 is 10.5 Å². The molecule has 0 radical (unpaired) electrons. The Kier molecular flexibility index (Phi) is 4.50. The summed E-state index contributed by atoms with van der Waals surface area (Å²) in [5.41, 5.74) is 5.70. The largest absolute Gasteiger partial charge is 0.487 e. The first kappa shape index (κ1) is 14.0. The van der Waals surface area contributed by atoms with Crippen LogP contribution in [0.25, 0.3) is 0 Å². The number of thiocarbonyl (C=S) groups is 1. The van der Waals surface area contributed by atoms with Crippen LogP contribution in [-0.4, -0.2) is 4.99 Å². The average Bonchev–Trinajstić information content (AvgIpc) is 2.83. The van der Waals surface area contributed by atoms with Gasteiger partial charge in [-0.15, -0.1) is 11.3 Å². The summed E-state index contributed by atoms with van der Waals surface area (Å²) in [6, 6.07) is 8.67. The highest BCUT2D eigenvalue weighted by Gasteiger charge is 2.12. The minimum absolute atomic E-state index is 0.00790. The van der Waals surface area contributed by atoms with Crippen LogP contribution in [0, 0.1) is 5.82 Å². The standard InChI is InChI=1S/C14H14FNOS2/c1-2-9-6-7-10(19-9)8-17-12-5-3-4-11(15)13(12)14(16)18/h3-7H,2,8H2,1H3,(H2,16,18). The van der Waals surface area contributed by atoms with Crippen LogP contribution in [0.4, 0.5) is 4.39 Å². The first-order valence-corrected chi connectivity index (χ1v) is 7.13. The third kappa shape index (κ3) is 3.30. The van der Waals surface area contributed by atoms with E-state index in [-0.39, 0.29) is 10.6 Å². The van der Waals surface area contributed by atoms with Crippen molar-refractivity contribution in [3.63, 3.8) is 0 Å². The third-order valence-corrected chi connectivity index (χ3v) is 4.06. The minimum Gasteiger partial charge on any atom is -0.487 e. The van der Waals surface area contributed by atoms with Crippen molar-refractivity contribution in [2.45, 2.75) is 20.0 Å². The first-order valence-electron chi connectivity index (χ1n) is 5.90. The van der Waals surface area contributed by atoms with Gasteiger partial charge in [0.1, 0.15) is 23.2 Å². The molecule has 100 valence electrons. The Morgan fingerprint density at radius 1 is 1.32 bits per heavy atom. The van der Waals surface area contributed by atoms with E-state index in [0.29, 0.717) is 12.4 Å². The van der Waals surface area contributed by atoms with Gasteiger partial charge >= 0.3 is 0 Å². The molecule has 2 nitrogen and oxygen atoms in total. The fraction of sp³-hybridized carbons (Fsp3) is 0.214. The van der Waals surface area contributed by atoms with Crippen LogP contribution in [0.5, 0.6) is 5.75 Å². The van der Waals surface area contributed by atoms with E-state index in [1.807, 2.05) is 6.07 Å². The van der Waals surface area contributed by atoms with Crippen molar-refractivity contribution in [3.8, 4) is 5.75 Å². The molecule has 0 fully saturated rings. The van der Waals surface area contributed by atoms with Crippen LogP contribution in [0.15, 0.2) is 30.3 Å². The molecule has 0 aliphatic carbocycles. The molecule has 0 saturated heterocycles. The molecule has 19 heavy (non-hydrogen) atoms. The summed E-state index contributed by atoms with van der Waals surface area (Å²) in [5, 5.41) is 0.